The molecule has 0 aromatic heterocycles. The molecule has 1 aliphatic heterocycles. The molecule has 14 heavy (non-hydrogen) atoms. The van der Waals surface area contributed by atoms with Crippen molar-refractivity contribution in [1.82, 2.24) is 0 Å². The Bertz CT molecular complexity index is 357. The summed E-state index contributed by atoms with van der Waals surface area (Å²) in [6.45, 7) is 2.58. The van der Waals surface area contributed by atoms with E-state index in [1.165, 1.54) is 0 Å². The normalized spacial score (nSPS) is 24.1. The van der Waals surface area contributed by atoms with Crippen molar-refractivity contribution in [2.45, 2.75) is 12.5 Å². The second-order valence-electron chi connectivity index (χ2n) is 3.72. The highest BCUT2D eigenvalue weighted by Crippen LogP contribution is 2.30. The molecule has 2 heteroatoms. The number of benzene rings is 1. The average Bonchev–Trinajstić information content (AvgIpc) is 2.17. The van der Waals surface area contributed by atoms with Crippen LogP contribution in [0.2, 0.25) is 0 Å². The van der Waals surface area contributed by atoms with Crippen LogP contribution < -0.4 is 4.74 Å². The van der Waals surface area contributed by atoms with Crippen molar-refractivity contribution in [2.75, 3.05) is 13.7 Å². The van der Waals surface area contributed by atoms with Crippen molar-refractivity contribution in [3.8, 4) is 5.75 Å². The van der Waals surface area contributed by atoms with Crippen LogP contribution in [0.5, 0.6) is 5.75 Å². The maximum absolute atomic E-state index is 5.85. The monoisotopic (exact) mass is 190 g/mol. The molecule has 0 fully saturated rings. The molecule has 0 aliphatic carbocycles. The Morgan fingerprint density at radius 2 is 2.14 bits per heavy atom. The van der Waals surface area contributed by atoms with Gasteiger partial charge in [-0.1, -0.05) is 24.3 Å². The Hall–Kier alpha value is -1.28. The molecular formula is C12H14O2. The van der Waals surface area contributed by atoms with Crippen LogP contribution in [0.25, 0.3) is 6.08 Å². The second kappa shape index (κ2) is 3.46. The minimum absolute atomic E-state index is 0.330. The largest absolute Gasteiger partial charge is 0.480 e. The third-order valence-electron chi connectivity index (χ3n) is 2.31. The van der Waals surface area contributed by atoms with E-state index in [4.69, 9.17) is 9.47 Å². The van der Waals surface area contributed by atoms with E-state index in [1.807, 2.05) is 37.3 Å². The number of rotatable bonds is 2. The van der Waals surface area contributed by atoms with E-state index in [0.29, 0.717) is 6.61 Å². The van der Waals surface area contributed by atoms with Gasteiger partial charge in [-0.2, -0.15) is 0 Å². The van der Waals surface area contributed by atoms with Crippen molar-refractivity contribution >= 4 is 6.08 Å². The lowest BCUT2D eigenvalue weighted by atomic mass is 10.0. The van der Waals surface area contributed by atoms with E-state index in [0.717, 1.165) is 11.3 Å². The van der Waals surface area contributed by atoms with E-state index >= 15 is 0 Å². The van der Waals surface area contributed by atoms with Gasteiger partial charge in [-0.25, -0.2) is 0 Å². The summed E-state index contributed by atoms with van der Waals surface area (Å²) in [4.78, 5) is 0. The first-order valence-corrected chi connectivity index (χ1v) is 4.70. The first kappa shape index (κ1) is 9.28. The highest BCUT2D eigenvalue weighted by atomic mass is 16.5. The van der Waals surface area contributed by atoms with Gasteiger partial charge in [0.1, 0.15) is 11.4 Å². The molecule has 0 spiro atoms. The summed E-state index contributed by atoms with van der Waals surface area (Å²) in [5.74, 6) is 0.926. The zero-order valence-electron chi connectivity index (χ0n) is 8.49. The van der Waals surface area contributed by atoms with Crippen molar-refractivity contribution in [2.24, 2.45) is 0 Å². The minimum Gasteiger partial charge on any atom is -0.480 e. The summed E-state index contributed by atoms with van der Waals surface area (Å²) in [6.07, 6.45) is 4.12. The molecule has 1 aromatic carbocycles. The summed E-state index contributed by atoms with van der Waals surface area (Å²) in [5, 5.41) is 0. The summed E-state index contributed by atoms with van der Waals surface area (Å²) >= 11 is 0. The van der Waals surface area contributed by atoms with Gasteiger partial charge in [0.2, 0.25) is 0 Å². The van der Waals surface area contributed by atoms with Crippen molar-refractivity contribution < 1.29 is 9.47 Å². The average molecular weight is 190 g/mol. The fourth-order valence-electron chi connectivity index (χ4n) is 1.63. The number of methoxy groups -OCH3 is 1. The van der Waals surface area contributed by atoms with Gasteiger partial charge >= 0.3 is 0 Å². The predicted molar refractivity (Wildman–Crippen MR) is 56.4 cm³/mol. The molecule has 1 unspecified atom stereocenters. The molecule has 2 nitrogen and oxygen atoms in total. The first-order chi connectivity index (χ1) is 6.73. The van der Waals surface area contributed by atoms with E-state index in [-0.39, 0.29) is 5.60 Å². The van der Waals surface area contributed by atoms with Crippen LogP contribution in [0, 0.1) is 0 Å². The number of hydrogen-bond donors (Lipinski definition) is 0. The van der Waals surface area contributed by atoms with Gasteiger partial charge in [-0.3, -0.25) is 0 Å². The van der Waals surface area contributed by atoms with Crippen LogP contribution >= 0.6 is 0 Å². The van der Waals surface area contributed by atoms with Crippen LogP contribution in [0.1, 0.15) is 12.5 Å². The van der Waals surface area contributed by atoms with E-state index in [2.05, 4.69) is 6.08 Å². The standard InChI is InChI=1S/C12H14O2/c1-12(9-13-2)8-7-10-5-3-4-6-11(10)14-12/h3-8H,9H2,1-2H3. The summed E-state index contributed by atoms with van der Waals surface area (Å²) < 4.78 is 11.0. The lowest BCUT2D eigenvalue weighted by Crippen LogP contribution is -2.36. The van der Waals surface area contributed by atoms with E-state index < -0.39 is 0 Å². The molecule has 0 N–H and O–H groups in total. The van der Waals surface area contributed by atoms with Crippen LogP contribution in [-0.4, -0.2) is 19.3 Å². The summed E-state index contributed by atoms with van der Waals surface area (Å²) in [6, 6.07) is 8.00. The number of hydrogen-bond acceptors (Lipinski definition) is 2. The Morgan fingerprint density at radius 1 is 1.36 bits per heavy atom. The highest BCUT2D eigenvalue weighted by Gasteiger charge is 2.26. The molecule has 1 aliphatic rings. The quantitative estimate of drug-likeness (QED) is 0.713. The SMILES string of the molecule is COCC1(C)C=Cc2ccccc2O1. The third-order valence-corrected chi connectivity index (χ3v) is 2.31. The number of para-hydroxylation sites is 1. The van der Waals surface area contributed by atoms with Crippen molar-refractivity contribution in [1.29, 1.82) is 0 Å². The Labute approximate surface area is 84.2 Å². The van der Waals surface area contributed by atoms with Gasteiger partial charge in [0.05, 0.1) is 6.61 Å². The lowest BCUT2D eigenvalue weighted by Gasteiger charge is -2.30. The van der Waals surface area contributed by atoms with Gasteiger partial charge in [0, 0.05) is 12.7 Å². The second-order valence-corrected chi connectivity index (χ2v) is 3.72. The topological polar surface area (TPSA) is 18.5 Å². The molecule has 0 amide bonds. The van der Waals surface area contributed by atoms with Gasteiger partial charge in [-0.15, -0.1) is 0 Å². The summed E-state index contributed by atoms with van der Waals surface area (Å²) in [5.41, 5.74) is 0.796. The molecule has 0 bridgehead atoms. The first-order valence-electron chi connectivity index (χ1n) is 4.70. The Kier molecular flexibility index (Phi) is 2.30. The van der Waals surface area contributed by atoms with Crippen LogP contribution in [0.4, 0.5) is 0 Å². The molecule has 0 radical (unpaired) electrons. The molecule has 1 heterocycles. The lowest BCUT2D eigenvalue weighted by molar-refractivity contribution is 0.0378. The third kappa shape index (κ3) is 1.66. The maximum Gasteiger partial charge on any atom is 0.148 e. The molecule has 0 saturated carbocycles. The van der Waals surface area contributed by atoms with Gasteiger partial charge in [0.15, 0.2) is 0 Å². The van der Waals surface area contributed by atoms with E-state index in [9.17, 15) is 0 Å². The Balaban J connectivity index is 2.29. The van der Waals surface area contributed by atoms with Crippen molar-refractivity contribution in [3.63, 3.8) is 0 Å². The molecular weight excluding hydrogens is 176 g/mol. The van der Waals surface area contributed by atoms with Gasteiger partial charge < -0.3 is 9.47 Å². The maximum atomic E-state index is 5.85. The number of ether oxygens (including phenoxy) is 2. The van der Waals surface area contributed by atoms with Crippen molar-refractivity contribution in [3.05, 3.63) is 35.9 Å². The van der Waals surface area contributed by atoms with Gasteiger partial charge in [0.25, 0.3) is 0 Å². The highest BCUT2D eigenvalue weighted by molar-refractivity contribution is 5.60. The smallest absolute Gasteiger partial charge is 0.148 e. The van der Waals surface area contributed by atoms with Gasteiger partial charge in [-0.05, 0) is 19.1 Å². The number of fused-ring (bicyclic) bond motifs is 1. The minimum atomic E-state index is -0.330. The fraction of sp³-hybridized carbons (Fsp3) is 0.333. The predicted octanol–water partition coefficient (Wildman–Crippen LogP) is 2.50. The molecule has 2 rings (SSSR count). The molecule has 1 atom stereocenters. The fourth-order valence-corrected chi connectivity index (χ4v) is 1.63. The molecule has 74 valence electrons. The van der Waals surface area contributed by atoms with E-state index in [1.54, 1.807) is 7.11 Å². The molecule has 0 saturated heterocycles. The summed E-state index contributed by atoms with van der Waals surface area (Å²) in [7, 11) is 1.68. The van der Waals surface area contributed by atoms with Crippen LogP contribution in [0.3, 0.4) is 0 Å². The zero-order chi connectivity index (χ0) is 10.0. The molecule has 1 aromatic rings. The van der Waals surface area contributed by atoms with Crippen LogP contribution in [0.15, 0.2) is 30.3 Å². The Morgan fingerprint density at radius 3 is 2.93 bits per heavy atom. The zero-order valence-corrected chi connectivity index (χ0v) is 8.49. The van der Waals surface area contributed by atoms with Crippen LogP contribution in [-0.2, 0) is 4.74 Å².